The van der Waals surface area contributed by atoms with Gasteiger partial charge in [0.1, 0.15) is 5.82 Å². The maximum atomic E-state index is 13.8. The molecule has 1 heterocycles. The normalized spacial score (nSPS) is 20.5. The maximum absolute atomic E-state index is 13.8. The summed E-state index contributed by atoms with van der Waals surface area (Å²) >= 11 is 4.18. The lowest BCUT2D eigenvalue weighted by Crippen LogP contribution is -2.41. The molecule has 2 rings (SSSR count). The second-order valence-electron chi connectivity index (χ2n) is 6.26. The van der Waals surface area contributed by atoms with Gasteiger partial charge in [0, 0.05) is 17.4 Å². The van der Waals surface area contributed by atoms with Crippen molar-refractivity contribution in [3.8, 4) is 0 Å². The Balaban J connectivity index is 2.38. The van der Waals surface area contributed by atoms with E-state index in [1.54, 1.807) is 0 Å². The van der Waals surface area contributed by atoms with Gasteiger partial charge in [-0.3, -0.25) is 0 Å². The molecule has 0 spiro atoms. The fourth-order valence-corrected chi connectivity index (χ4v) is 2.30. The fourth-order valence-electron chi connectivity index (χ4n) is 2.06. The number of hydrogen-bond acceptors (Lipinski definition) is 3. The number of thiol groups is 1. The van der Waals surface area contributed by atoms with E-state index in [1.807, 2.05) is 27.7 Å². The van der Waals surface area contributed by atoms with Crippen molar-refractivity contribution in [2.45, 2.75) is 38.9 Å². The molecule has 0 aromatic heterocycles. The smallest absolute Gasteiger partial charge is 0.400 e. The predicted octanol–water partition coefficient (Wildman–Crippen LogP) is 4.05. The highest BCUT2D eigenvalue weighted by Gasteiger charge is 2.52. The van der Waals surface area contributed by atoms with Crippen LogP contribution in [0.1, 0.15) is 33.3 Å². The molecule has 0 aliphatic carbocycles. The fraction of sp³-hybridized carbons (Fsp3) is 0.467. The summed E-state index contributed by atoms with van der Waals surface area (Å²) in [5, 5.41) is 0. The van der Waals surface area contributed by atoms with E-state index in [9.17, 15) is 13.2 Å². The van der Waals surface area contributed by atoms with Gasteiger partial charge in [-0.1, -0.05) is 6.08 Å². The Morgan fingerprint density at radius 2 is 1.68 bits per heavy atom. The molecule has 1 aliphatic heterocycles. The van der Waals surface area contributed by atoms with Crippen molar-refractivity contribution in [3.05, 3.63) is 40.6 Å². The zero-order chi connectivity index (χ0) is 16.7. The van der Waals surface area contributed by atoms with Gasteiger partial charge in [0.2, 0.25) is 0 Å². The molecular weight excluding hydrogens is 312 g/mol. The summed E-state index contributed by atoms with van der Waals surface area (Å²) < 4.78 is 52.0. The molecular formula is C15H18BF3O2S. The predicted molar refractivity (Wildman–Crippen MR) is 84.2 cm³/mol. The second-order valence-corrected chi connectivity index (χ2v) is 6.57. The van der Waals surface area contributed by atoms with E-state index in [0.717, 1.165) is 6.07 Å². The van der Waals surface area contributed by atoms with Crippen molar-refractivity contribution < 1.29 is 22.5 Å². The van der Waals surface area contributed by atoms with Crippen LogP contribution in [0.15, 0.2) is 17.6 Å². The SMILES string of the molecule is CC1(C)OB(C(=Cc2cc(F)cc(F)c2F)CS)OC1(C)C. The summed E-state index contributed by atoms with van der Waals surface area (Å²) in [4.78, 5) is 0. The van der Waals surface area contributed by atoms with Crippen molar-refractivity contribution in [2.75, 3.05) is 5.75 Å². The first kappa shape index (κ1) is 17.4. The van der Waals surface area contributed by atoms with Crippen molar-refractivity contribution in [3.63, 3.8) is 0 Å². The third-order valence-electron chi connectivity index (χ3n) is 4.10. The first-order chi connectivity index (χ1) is 10.1. The standard InChI is InChI=1S/C15H18BF3O2S/c1-14(2)15(3,4)21-16(20-14)10(8-22)5-9-6-11(17)7-12(18)13(9)19/h5-7,22H,8H2,1-4H3. The van der Waals surface area contributed by atoms with Crippen LogP contribution >= 0.6 is 12.6 Å². The molecule has 22 heavy (non-hydrogen) atoms. The van der Waals surface area contributed by atoms with Crippen LogP contribution in [0, 0.1) is 17.5 Å². The topological polar surface area (TPSA) is 18.5 Å². The monoisotopic (exact) mass is 330 g/mol. The van der Waals surface area contributed by atoms with Crippen molar-refractivity contribution in [1.29, 1.82) is 0 Å². The van der Waals surface area contributed by atoms with E-state index < -0.39 is 35.8 Å². The average Bonchev–Trinajstić information content (AvgIpc) is 2.60. The summed E-state index contributed by atoms with van der Waals surface area (Å²) in [6, 6.07) is 1.43. The Kier molecular flexibility index (Phi) is 4.71. The molecule has 0 amide bonds. The number of rotatable bonds is 3. The van der Waals surface area contributed by atoms with Gasteiger partial charge in [-0.05, 0) is 39.2 Å². The molecule has 0 atom stereocenters. The van der Waals surface area contributed by atoms with E-state index >= 15 is 0 Å². The van der Waals surface area contributed by atoms with E-state index in [0.29, 0.717) is 11.5 Å². The zero-order valence-corrected chi connectivity index (χ0v) is 13.8. The summed E-state index contributed by atoms with van der Waals surface area (Å²) in [5.41, 5.74) is -0.834. The van der Waals surface area contributed by atoms with Gasteiger partial charge in [0.25, 0.3) is 0 Å². The van der Waals surface area contributed by atoms with E-state index in [4.69, 9.17) is 9.31 Å². The molecule has 1 aliphatic rings. The van der Waals surface area contributed by atoms with Gasteiger partial charge >= 0.3 is 7.12 Å². The molecule has 0 radical (unpaired) electrons. The average molecular weight is 330 g/mol. The minimum atomic E-state index is -1.24. The van der Waals surface area contributed by atoms with Gasteiger partial charge in [-0.2, -0.15) is 12.6 Å². The van der Waals surface area contributed by atoms with Gasteiger partial charge in [0.15, 0.2) is 11.6 Å². The second kappa shape index (κ2) is 5.94. The van der Waals surface area contributed by atoms with Gasteiger partial charge in [-0.15, -0.1) is 0 Å². The summed E-state index contributed by atoms with van der Waals surface area (Å²) in [5.74, 6) is -3.00. The summed E-state index contributed by atoms with van der Waals surface area (Å²) in [6.07, 6.45) is 1.32. The Morgan fingerprint density at radius 3 is 2.18 bits per heavy atom. The Labute approximate surface area is 134 Å². The molecule has 7 heteroatoms. The van der Waals surface area contributed by atoms with Gasteiger partial charge < -0.3 is 9.31 Å². The molecule has 2 nitrogen and oxygen atoms in total. The molecule has 1 aromatic rings. The van der Waals surface area contributed by atoms with Crippen molar-refractivity contribution >= 4 is 25.8 Å². The highest BCUT2D eigenvalue weighted by Crippen LogP contribution is 2.39. The molecule has 120 valence electrons. The van der Waals surface area contributed by atoms with Crippen LogP contribution in [0.3, 0.4) is 0 Å². The Morgan fingerprint density at radius 1 is 1.14 bits per heavy atom. The summed E-state index contributed by atoms with van der Waals surface area (Å²) in [7, 11) is -0.742. The van der Waals surface area contributed by atoms with E-state index in [2.05, 4.69) is 12.6 Å². The zero-order valence-electron chi connectivity index (χ0n) is 12.9. The lowest BCUT2D eigenvalue weighted by atomic mass is 9.78. The number of hydrogen-bond donors (Lipinski definition) is 1. The van der Waals surface area contributed by atoms with Gasteiger partial charge in [0.05, 0.1) is 11.2 Å². The van der Waals surface area contributed by atoms with Crippen LogP contribution in [0.2, 0.25) is 0 Å². The molecule has 0 bridgehead atoms. The first-order valence-corrected chi connectivity index (χ1v) is 7.52. The highest BCUT2D eigenvalue weighted by atomic mass is 32.1. The van der Waals surface area contributed by atoms with Gasteiger partial charge in [-0.25, -0.2) is 13.2 Å². The minimum absolute atomic E-state index is 0.198. The van der Waals surface area contributed by atoms with E-state index in [-0.39, 0.29) is 11.3 Å². The lowest BCUT2D eigenvalue weighted by molar-refractivity contribution is 0.00578. The third-order valence-corrected chi connectivity index (χ3v) is 4.47. The maximum Gasteiger partial charge on any atom is 0.491 e. The van der Waals surface area contributed by atoms with Crippen LogP contribution in [-0.4, -0.2) is 24.1 Å². The van der Waals surface area contributed by atoms with Crippen LogP contribution in [-0.2, 0) is 9.31 Å². The molecule has 0 N–H and O–H groups in total. The number of benzene rings is 1. The van der Waals surface area contributed by atoms with Crippen LogP contribution in [0.5, 0.6) is 0 Å². The molecule has 0 saturated carbocycles. The van der Waals surface area contributed by atoms with Crippen molar-refractivity contribution in [2.24, 2.45) is 0 Å². The Bertz CT molecular complexity index is 601. The molecule has 0 unspecified atom stereocenters. The van der Waals surface area contributed by atoms with Crippen LogP contribution in [0.4, 0.5) is 13.2 Å². The van der Waals surface area contributed by atoms with Crippen LogP contribution < -0.4 is 0 Å². The minimum Gasteiger partial charge on any atom is -0.400 e. The van der Waals surface area contributed by atoms with E-state index in [1.165, 1.54) is 6.08 Å². The largest absolute Gasteiger partial charge is 0.491 e. The first-order valence-electron chi connectivity index (χ1n) is 6.89. The summed E-state index contributed by atoms with van der Waals surface area (Å²) in [6.45, 7) is 7.52. The Hall–Kier alpha value is -0.915. The lowest BCUT2D eigenvalue weighted by Gasteiger charge is -2.32. The quantitative estimate of drug-likeness (QED) is 0.512. The highest BCUT2D eigenvalue weighted by molar-refractivity contribution is 7.80. The van der Waals surface area contributed by atoms with Crippen LogP contribution in [0.25, 0.3) is 6.08 Å². The molecule has 1 fully saturated rings. The molecule has 1 aromatic carbocycles. The third kappa shape index (κ3) is 3.21. The van der Waals surface area contributed by atoms with Crippen molar-refractivity contribution in [1.82, 2.24) is 0 Å². The molecule has 1 saturated heterocycles. The number of halogens is 3.